The van der Waals surface area contributed by atoms with Crippen molar-refractivity contribution < 1.29 is 18.0 Å². The van der Waals surface area contributed by atoms with E-state index in [0.717, 1.165) is 22.0 Å². The topological polar surface area (TPSA) is 108 Å². The highest BCUT2D eigenvalue weighted by atomic mass is 35.5. The average Bonchev–Trinajstić information content (AvgIpc) is 3.63. The summed E-state index contributed by atoms with van der Waals surface area (Å²) in [6, 6.07) is 8.04. The summed E-state index contributed by atoms with van der Waals surface area (Å²) in [5.41, 5.74) is -0.716. The molecule has 13 heteroatoms. The van der Waals surface area contributed by atoms with Crippen molar-refractivity contribution in [2.45, 2.75) is 13.1 Å². The number of nitrogens with zero attached hydrogens (tertiary/aromatic N) is 4. The van der Waals surface area contributed by atoms with Gasteiger partial charge in [-0.3, -0.25) is 9.59 Å². The van der Waals surface area contributed by atoms with Gasteiger partial charge >= 0.3 is 5.91 Å². The van der Waals surface area contributed by atoms with Crippen LogP contribution >= 0.6 is 34.5 Å². The average molecular weight is 534 g/mol. The lowest BCUT2D eigenvalue weighted by Gasteiger charge is -2.07. The van der Waals surface area contributed by atoms with Crippen LogP contribution in [-0.2, 0) is 13.1 Å². The summed E-state index contributed by atoms with van der Waals surface area (Å²) in [5, 5.41) is 7.06. The molecule has 1 N–H and O–H groups in total. The minimum absolute atomic E-state index is 0.0243. The van der Waals surface area contributed by atoms with Gasteiger partial charge in [0.05, 0.1) is 34.9 Å². The van der Waals surface area contributed by atoms with Crippen molar-refractivity contribution in [3.8, 4) is 11.3 Å². The van der Waals surface area contributed by atoms with Crippen LogP contribution in [0.15, 0.2) is 69.0 Å². The molecule has 0 aromatic carbocycles. The molecule has 0 fully saturated rings. The van der Waals surface area contributed by atoms with Gasteiger partial charge in [-0.2, -0.15) is 9.78 Å². The summed E-state index contributed by atoms with van der Waals surface area (Å²) < 4.78 is 28.7. The SMILES string of the molecule is O=C(c1cnco1)n1nc(-c2cc(=O)n(Cc3ccco3)cc2Cl)c(F)c1NCc1ccc(Cl)s1. The third-order valence-corrected chi connectivity index (χ3v) is 6.49. The maximum absolute atomic E-state index is 15.7. The largest absolute Gasteiger partial charge is 0.467 e. The van der Waals surface area contributed by atoms with Crippen LogP contribution in [0.2, 0.25) is 9.36 Å². The monoisotopic (exact) mass is 533 g/mol. The second kappa shape index (κ2) is 9.53. The van der Waals surface area contributed by atoms with E-state index in [4.69, 9.17) is 32.0 Å². The van der Waals surface area contributed by atoms with Gasteiger partial charge in [0, 0.05) is 22.7 Å². The molecular formula is C22H14Cl2FN5O4S. The van der Waals surface area contributed by atoms with E-state index in [9.17, 15) is 9.59 Å². The number of carbonyl (C=O) groups excluding carboxylic acids is 1. The first-order valence-corrected chi connectivity index (χ1v) is 11.6. The molecule has 35 heavy (non-hydrogen) atoms. The molecule has 0 saturated carbocycles. The Bertz CT molecular complexity index is 1560. The standard InChI is InChI=1S/C22H14Cl2FN5O4S/c23-15-10-29(9-12-2-1-5-33-12)18(31)6-14(15)20-19(25)21(27-7-13-3-4-17(24)35-13)30(28-20)22(32)16-8-26-11-34-16/h1-6,8,10-11,27H,7,9H2. The van der Waals surface area contributed by atoms with Crippen LogP contribution < -0.4 is 10.9 Å². The molecule has 0 aliphatic rings. The predicted molar refractivity (Wildman–Crippen MR) is 128 cm³/mol. The number of carbonyl (C=O) groups is 1. The number of nitrogens with one attached hydrogen (secondary N) is 1. The fourth-order valence-corrected chi connectivity index (χ4v) is 4.62. The number of thiophene rings is 1. The molecule has 0 saturated heterocycles. The number of hydrogen-bond acceptors (Lipinski definition) is 8. The summed E-state index contributed by atoms with van der Waals surface area (Å²) in [6.07, 6.45) is 5.11. The molecule has 0 bridgehead atoms. The van der Waals surface area contributed by atoms with Gasteiger partial charge in [-0.15, -0.1) is 11.3 Å². The number of oxazole rings is 1. The van der Waals surface area contributed by atoms with E-state index >= 15 is 4.39 Å². The highest BCUT2D eigenvalue weighted by Crippen LogP contribution is 2.32. The lowest BCUT2D eigenvalue weighted by molar-refractivity contribution is 0.0919. The summed E-state index contributed by atoms with van der Waals surface area (Å²) in [7, 11) is 0. The van der Waals surface area contributed by atoms with E-state index in [0.29, 0.717) is 10.1 Å². The Hall–Kier alpha value is -3.67. The molecule has 0 aliphatic carbocycles. The first-order chi connectivity index (χ1) is 16.9. The normalized spacial score (nSPS) is 11.2. The number of hydrogen-bond donors (Lipinski definition) is 1. The Kier molecular flexibility index (Phi) is 6.29. The predicted octanol–water partition coefficient (Wildman–Crippen LogP) is 5.15. The van der Waals surface area contributed by atoms with E-state index < -0.39 is 17.3 Å². The quantitative estimate of drug-likeness (QED) is 0.308. The summed E-state index contributed by atoms with van der Waals surface area (Å²) in [6.45, 7) is 0.310. The molecule has 178 valence electrons. The maximum atomic E-state index is 15.7. The minimum atomic E-state index is -0.870. The molecule has 9 nitrogen and oxygen atoms in total. The zero-order valence-corrected chi connectivity index (χ0v) is 19.9. The fourth-order valence-electron chi connectivity index (χ4n) is 3.33. The number of aromatic nitrogens is 4. The zero-order chi connectivity index (χ0) is 24.5. The fraction of sp³-hybridized carbons (Fsp3) is 0.0909. The third-order valence-electron chi connectivity index (χ3n) is 4.96. The van der Waals surface area contributed by atoms with Crippen LogP contribution in [0.1, 0.15) is 21.2 Å². The highest BCUT2D eigenvalue weighted by molar-refractivity contribution is 7.16. The van der Waals surface area contributed by atoms with Crippen LogP contribution in [0, 0.1) is 5.82 Å². The molecule has 0 radical (unpaired) electrons. The van der Waals surface area contributed by atoms with Gasteiger partial charge in [0.1, 0.15) is 11.5 Å². The van der Waals surface area contributed by atoms with Crippen molar-refractivity contribution in [1.29, 1.82) is 0 Å². The van der Waals surface area contributed by atoms with Gasteiger partial charge in [0.25, 0.3) is 5.56 Å². The van der Waals surface area contributed by atoms with Crippen LogP contribution in [0.5, 0.6) is 0 Å². The van der Waals surface area contributed by atoms with E-state index in [1.165, 1.54) is 34.6 Å². The van der Waals surface area contributed by atoms with Crippen molar-refractivity contribution >= 4 is 46.3 Å². The molecule has 0 atom stereocenters. The van der Waals surface area contributed by atoms with Crippen molar-refractivity contribution in [2.75, 3.05) is 5.32 Å². The van der Waals surface area contributed by atoms with Crippen LogP contribution in [0.25, 0.3) is 11.3 Å². The number of pyridine rings is 1. The zero-order valence-electron chi connectivity index (χ0n) is 17.6. The number of rotatable bonds is 7. The van der Waals surface area contributed by atoms with Gasteiger partial charge < -0.3 is 18.7 Å². The Labute approximate surface area is 210 Å². The minimum Gasteiger partial charge on any atom is -0.467 e. The van der Waals surface area contributed by atoms with Gasteiger partial charge in [0.15, 0.2) is 18.0 Å². The van der Waals surface area contributed by atoms with Gasteiger partial charge in [-0.1, -0.05) is 23.2 Å². The lowest BCUT2D eigenvalue weighted by atomic mass is 10.2. The summed E-state index contributed by atoms with van der Waals surface area (Å²) in [5.74, 6) is -1.47. The van der Waals surface area contributed by atoms with Crippen molar-refractivity contribution in [1.82, 2.24) is 19.3 Å². The molecule has 0 unspecified atom stereocenters. The number of halogens is 3. The van der Waals surface area contributed by atoms with E-state index in [1.807, 2.05) is 0 Å². The van der Waals surface area contributed by atoms with Gasteiger partial charge in [-0.05, 0) is 24.3 Å². The first kappa shape index (κ1) is 23.1. The second-order valence-corrected chi connectivity index (χ2v) is 9.44. The van der Waals surface area contributed by atoms with Crippen molar-refractivity contribution in [3.05, 3.63) is 97.3 Å². The molecule has 0 spiro atoms. The summed E-state index contributed by atoms with van der Waals surface area (Å²) >= 11 is 13.7. The van der Waals surface area contributed by atoms with Crippen LogP contribution in [-0.4, -0.2) is 25.2 Å². The molecule has 5 heterocycles. The van der Waals surface area contributed by atoms with E-state index in [-0.39, 0.29) is 40.9 Å². The number of furan rings is 1. The molecular weight excluding hydrogens is 520 g/mol. The van der Waals surface area contributed by atoms with E-state index in [1.54, 1.807) is 24.3 Å². The molecule has 5 aromatic heterocycles. The smallest absolute Gasteiger partial charge is 0.317 e. The maximum Gasteiger partial charge on any atom is 0.317 e. The van der Waals surface area contributed by atoms with Gasteiger partial charge in [0.2, 0.25) is 5.76 Å². The van der Waals surface area contributed by atoms with Crippen LogP contribution in [0.4, 0.5) is 10.2 Å². The first-order valence-electron chi connectivity index (χ1n) is 10.0. The molecule has 5 rings (SSSR count). The number of anilines is 1. The molecule has 0 aliphatic heterocycles. The molecule has 0 amide bonds. The van der Waals surface area contributed by atoms with E-state index in [2.05, 4.69) is 15.4 Å². The van der Waals surface area contributed by atoms with Crippen molar-refractivity contribution in [2.24, 2.45) is 0 Å². The van der Waals surface area contributed by atoms with Gasteiger partial charge in [-0.25, -0.2) is 9.37 Å². The third kappa shape index (κ3) is 4.65. The summed E-state index contributed by atoms with van der Waals surface area (Å²) in [4.78, 5) is 30.2. The Morgan fingerprint density at radius 1 is 1.23 bits per heavy atom. The van der Waals surface area contributed by atoms with Crippen molar-refractivity contribution in [3.63, 3.8) is 0 Å². The highest BCUT2D eigenvalue weighted by Gasteiger charge is 2.27. The Morgan fingerprint density at radius 3 is 2.77 bits per heavy atom. The Morgan fingerprint density at radius 2 is 2.09 bits per heavy atom. The lowest BCUT2D eigenvalue weighted by Crippen LogP contribution is -2.19. The molecule has 5 aromatic rings. The van der Waals surface area contributed by atoms with Crippen LogP contribution in [0.3, 0.4) is 0 Å². The second-order valence-electron chi connectivity index (χ2n) is 7.23. The Balaban J connectivity index is 1.55.